The molecule has 1 amide bonds. The van der Waals surface area contributed by atoms with Crippen LogP contribution >= 0.6 is 0 Å². The quantitative estimate of drug-likeness (QED) is 0.848. The number of hydrogen-bond donors (Lipinski definition) is 1. The van der Waals surface area contributed by atoms with Gasteiger partial charge >= 0.3 is 6.55 Å². The molecule has 0 spiro atoms. The maximum absolute atomic E-state index is 12.9. The number of alkyl halides is 2. The molecule has 0 saturated heterocycles. The molecule has 19 heavy (non-hydrogen) atoms. The molecule has 0 unspecified atom stereocenters. The van der Waals surface area contributed by atoms with E-state index in [4.69, 9.17) is 0 Å². The highest BCUT2D eigenvalue weighted by atomic mass is 19.3. The van der Waals surface area contributed by atoms with E-state index in [1.165, 1.54) is 6.20 Å². The maximum Gasteiger partial charge on any atom is 0.319 e. The zero-order valence-corrected chi connectivity index (χ0v) is 10.3. The van der Waals surface area contributed by atoms with Crippen molar-refractivity contribution < 1.29 is 13.6 Å². The molecule has 0 aliphatic rings. The minimum atomic E-state index is -2.61. The largest absolute Gasteiger partial charge is 0.341 e. The summed E-state index contributed by atoms with van der Waals surface area (Å²) in [6.07, 6.45) is 1.36. The van der Waals surface area contributed by atoms with Gasteiger partial charge < -0.3 is 5.32 Å². The Morgan fingerprint density at radius 3 is 2.84 bits per heavy atom. The van der Waals surface area contributed by atoms with Gasteiger partial charge in [-0.3, -0.25) is 9.36 Å². The second-order valence-electron chi connectivity index (χ2n) is 3.91. The van der Waals surface area contributed by atoms with Crippen molar-refractivity contribution in [2.45, 2.75) is 20.0 Å². The van der Waals surface area contributed by atoms with Gasteiger partial charge in [-0.15, -0.1) is 0 Å². The number of carbonyl (C=O) groups excluding carboxylic acids is 1. The average Bonchev–Trinajstić information content (AvgIpc) is 2.76. The molecule has 2 aromatic rings. The number of benzene rings is 1. The summed E-state index contributed by atoms with van der Waals surface area (Å²) in [5, 5.41) is 3.27. The molecule has 3 nitrogen and oxygen atoms in total. The van der Waals surface area contributed by atoms with Crippen molar-refractivity contribution in [1.82, 2.24) is 9.88 Å². The highest BCUT2D eigenvalue weighted by molar-refractivity contribution is 5.93. The lowest BCUT2D eigenvalue weighted by molar-refractivity contribution is -0.115. The standard InChI is InChI=1S/C14H12F2N2O/c1-2-5-13(19)17-8-10-9-18(14(15)16)12-7-4-3-6-11(10)12/h3-4,6-7,9,14H,8H2,1H3,(H,17,19). The van der Waals surface area contributed by atoms with Gasteiger partial charge in [-0.2, -0.15) is 8.78 Å². The molecule has 1 aromatic carbocycles. The molecule has 0 radical (unpaired) electrons. The Labute approximate surface area is 109 Å². The van der Waals surface area contributed by atoms with Crippen LogP contribution in [0, 0.1) is 11.8 Å². The van der Waals surface area contributed by atoms with Crippen LogP contribution < -0.4 is 5.32 Å². The van der Waals surface area contributed by atoms with Crippen LogP contribution in [0.4, 0.5) is 8.78 Å². The molecule has 1 N–H and O–H groups in total. The number of aromatic nitrogens is 1. The first-order valence-corrected chi connectivity index (χ1v) is 5.70. The van der Waals surface area contributed by atoms with Gasteiger partial charge in [-0.1, -0.05) is 24.1 Å². The predicted octanol–water partition coefficient (Wildman–Crippen LogP) is 2.68. The van der Waals surface area contributed by atoms with Crippen LogP contribution in [-0.2, 0) is 11.3 Å². The van der Waals surface area contributed by atoms with Crippen molar-refractivity contribution in [3.05, 3.63) is 36.0 Å². The molecule has 0 atom stereocenters. The van der Waals surface area contributed by atoms with Crippen LogP contribution in [0.5, 0.6) is 0 Å². The fourth-order valence-corrected chi connectivity index (χ4v) is 1.91. The summed E-state index contributed by atoms with van der Waals surface area (Å²) in [6, 6.07) is 6.85. The summed E-state index contributed by atoms with van der Waals surface area (Å²) in [5.41, 5.74) is 1.09. The molecule has 98 valence electrons. The van der Waals surface area contributed by atoms with E-state index in [0.29, 0.717) is 16.5 Å². The zero-order valence-electron chi connectivity index (χ0n) is 10.3. The van der Waals surface area contributed by atoms with Gasteiger partial charge in [0.05, 0.1) is 5.52 Å². The van der Waals surface area contributed by atoms with Crippen molar-refractivity contribution >= 4 is 16.8 Å². The lowest BCUT2D eigenvalue weighted by Gasteiger charge is -2.01. The van der Waals surface area contributed by atoms with Gasteiger partial charge in [0.2, 0.25) is 0 Å². The van der Waals surface area contributed by atoms with E-state index in [-0.39, 0.29) is 6.54 Å². The van der Waals surface area contributed by atoms with Gasteiger partial charge in [-0.05, 0) is 24.5 Å². The summed E-state index contributed by atoms with van der Waals surface area (Å²) in [6.45, 7) is -0.875. The summed E-state index contributed by atoms with van der Waals surface area (Å²) < 4.78 is 26.7. The fourth-order valence-electron chi connectivity index (χ4n) is 1.91. The van der Waals surface area contributed by atoms with Gasteiger partial charge in [0.1, 0.15) is 0 Å². The Balaban J connectivity index is 2.32. The van der Waals surface area contributed by atoms with Gasteiger partial charge in [0, 0.05) is 18.1 Å². The van der Waals surface area contributed by atoms with Crippen LogP contribution in [0.15, 0.2) is 30.5 Å². The van der Waals surface area contributed by atoms with Gasteiger partial charge in [-0.25, -0.2) is 0 Å². The monoisotopic (exact) mass is 262 g/mol. The molecular formula is C14H12F2N2O. The Hall–Kier alpha value is -2.35. The third kappa shape index (κ3) is 2.74. The lowest BCUT2D eigenvalue weighted by Crippen LogP contribution is -2.20. The van der Waals surface area contributed by atoms with Crippen molar-refractivity contribution in [2.24, 2.45) is 0 Å². The summed E-state index contributed by atoms with van der Waals surface area (Å²) in [7, 11) is 0. The predicted molar refractivity (Wildman–Crippen MR) is 68.5 cm³/mol. The second-order valence-corrected chi connectivity index (χ2v) is 3.91. The first kappa shape index (κ1) is 13.1. The van der Waals surface area contributed by atoms with Crippen molar-refractivity contribution in [3.8, 4) is 11.8 Å². The lowest BCUT2D eigenvalue weighted by atomic mass is 10.2. The number of fused-ring (bicyclic) bond motifs is 1. The summed E-state index contributed by atoms with van der Waals surface area (Å²) in [5.74, 6) is 4.40. The van der Waals surface area contributed by atoms with Crippen molar-refractivity contribution in [3.63, 3.8) is 0 Å². The zero-order chi connectivity index (χ0) is 13.8. The number of para-hydroxylation sites is 1. The molecule has 1 heterocycles. The van der Waals surface area contributed by atoms with Crippen LogP contribution in [0.1, 0.15) is 19.0 Å². The first-order valence-electron chi connectivity index (χ1n) is 5.70. The van der Waals surface area contributed by atoms with E-state index in [1.807, 2.05) is 0 Å². The molecule has 0 bridgehead atoms. The average molecular weight is 262 g/mol. The van der Waals surface area contributed by atoms with E-state index in [2.05, 4.69) is 17.2 Å². The Morgan fingerprint density at radius 2 is 2.16 bits per heavy atom. The molecule has 5 heteroatoms. The van der Waals surface area contributed by atoms with Crippen molar-refractivity contribution in [1.29, 1.82) is 0 Å². The van der Waals surface area contributed by atoms with E-state index in [9.17, 15) is 13.6 Å². The highest BCUT2D eigenvalue weighted by Crippen LogP contribution is 2.25. The van der Waals surface area contributed by atoms with Crippen LogP contribution in [0.3, 0.4) is 0 Å². The Kier molecular flexibility index (Phi) is 3.81. The van der Waals surface area contributed by atoms with Crippen LogP contribution in [0.2, 0.25) is 0 Å². The van der Waals surface area contributed by atoms with E-state index < -0.39 is 12.5 Å². The van der Waals surface area contributed by atoms with Crippen LogP contribution in [-0.4, -0.2) is 10.5 Å². The molecule has 0 fully saturated rings. The molecular weight excluding hydrogens is 250 g/mol. The van der Waals surface area contributed by atoms with Gasteiger partial charge in [0.15, 0.2) is 0 Å². The maximum atomic E-state index is 12.9. The number of rotatable bonds is 3. The normalized spacial score (nSPS) is 10.3. The third-order valence-electron chi connectivity index (χ3n) is 2.71. The molecule has 2 rings (SSSR count). The number of amides is 1. The van der Waals surface area contributed by atoms with Gasteiger partial charge in [0.25, 0.3) is 5.91 Å². The SMILES string of the molecule is CC#CC(=O)NCc1cn(C(F)F)c2ccccc12. The van der Waals surface area contributed by atoms with E-state index in [0.717, 1.165) is 4.57 Å². The molecule has 0 aliphatic heterocycles. The van der Waals surface area contributed by atoms with Crippen molar-refractivity contribution in [2.75, 3.05) is 0 Å². The minimum absolute atomic E-state index is 0.174. The van der Waals surface area contributed by atoms with E-state index in [1.54, 1.807) is 31.2 Å². The number of nitrogens with one attached hydrogen (secondary N) is 1. The Bertz CT molecular complexity index is 665. The first-order chi connectivity index (χ1) is 9.13. The van der Waals surface area contributed by atoms with Crippen LogP contribution in [0.25, 0.3) is 10.9 Å². The summed E-state index contributed by atoms with van der Waals surface area (Å²) in [4.78, 5) is 11.3. The minimum Gasteiger partial charge on any atom is -0.341 e. The third-order valence-corrected chi connectivity index (χ3v) is 2.71. The number of hydrogen-bond acceptors (Lipinski definition) is 1. The molecule has 0 saturated carbocycles. The Morgan fingerprint density at radius 1 is 1.42 bits per heavy atom. The second kappa shape index (κ2) is 5.53. The smallest absolute Gasteiger partial charge is 0.319 e. The number of halogens is 2. The molecule has 0 aliphatic carbocycles. The van der Waals surface area contributed by atoms with E-state index >= 15 is 0 Å². The summed E-state index contributed by atoms with van der Waals surface area (Å²) >= 11 is 0. The highest BCUT2D eigenvalue weighted by Gasteiger charge is 2.13. The topological polar surface area (TPSA) is 34.0 Å². The number of nitrogens with zero attached hydrogens (tertiary/aromatic N) is 1. The fraction of sp³-hybridized carbons (Fsp3) is 0.214. The molecule has 1 aromatic heterocycles. The number of carbonyl (C=O) groups is 1.